The topological polar surface area (TPSA) is 95.9 Å². The van der Waals surface area contributed by atoms with Crippen LogP contribution in [0.25, 0.3) is 0 Å². The van der Waals surface area contributed by atoms with Gasteiger partial charge in [-0.15, -0.1) is 0 Å². The minimum Gasteiger partial charge on any atom is -0.479 e. The fourth-order valence-corrected chi connectivity index (χ4v) is 3.39. The number of rotatable bonds is 8. The van der Waals surface area contributed by atoms with Crippen molar-refractivity contribution < 1.29 is 24.2 Å². The molecule has 126 valence electrons. The molecule has 0 radical (unpaired) electrons. The fourth-order valence-electron chi connectivity index (χ4n) is 2.41. The highest BCUT2D eigenvalue weighted by atomic mass is 32.2. The number of carboxylic acids is 1. The maximum atomic E-state index is 12.1. The van der Waals surface area contributed by atoms with Crippen LogP contribution in [0.4, 0.5) is 0 Å². The minimum absolute atomic E-state index is 0.0182. The van der Waals surface area contributed by atoms with Crippen molar-refractivity contribution in [3.63, 3.8) is 0 Å². The van der Waals surface area contributed by atoms with E-state index in [0.29, 0.717) is 13.0 Å². The van der Waals surface area contributed by atoms with Gasteiger partial charge in [-0.3, -0.25) is 4.79 Å². The first-order valence-corrected chi connectivity index (χ1v) is 8.57. The van der Waals surface area contributed by atoms with Crippen molar-refractivity contribution in [2.45, 2.75) is 32.2 Å². The molecule has 1 saturated heterocycles. The molecule has 1 heterocycles. The second-order valence-electron chi connectivity index (χ2n) is 5.17. The summed E-state index contributed by atoms with van der Waals surface area (Å²) in [6.45, 7) is 5.49. The number of amides is 1. The zero-order valence-electron chi connectivity index (χ0n) is 13.1. The molecule has 22 heavy (non-hydrogen) atoms. The van der Waals surface area contributed by atoms with E-state index < -0.39 is 23.4 Å². The predicted molar refractivity (Wildman–Crippen MR) is 83.8 cm³/mol. The molecule has 0 aromatic heterocycles. The summed E-state index contributed by atoms with van der Waals surface area (Å²) in [7, 11) is 0. The molecule has 0 bridgehead atoms. The number of carbonyl (C=O) groups is 3. The largest absolute Gasteiger partial charge is 0.479 e. The summed E-state index contributed by atoms with van der Waals surface area (Å²) in [5, 5.41) is 11.8. The Kier molecular flexibility index (Phi) is 7.67. The van der Waals surface area contributed by atoms with E-state index in [1.807, 2.05) is 11.8 Å². The highest BCUT2D eigenvalue weighted by Crippen LogP contribution is 2.18. The van der Waals surface area contributed by atoms with Crippen molar-refractivity contribution in [2.24, 2.45) is 0 Å². The standard InChI is InChI=1S/C14H24N2O5S/c1-3-21-13(20)14(12(18)19,15-11(2)17)5-4-6-16-7-9-22-10-8-16/h3-10H2,1-2H3,(H,15,17)(H,18,19). The van der Waals surface area contributed by atoms with Gasteiger partial charge < -0.3 is 20.1 Å². The van der Waals surface area contributed by atoms with Gasteiger partial charge in [-0.05, 0) is 26.3 Å². The van der Waals surface area contributed by atoms with Gasteiger partial charge in [0.05, 0.1) is 6.61 Å². The van der Waals surface area contributed by atoms with Gasteiger partial charge in [0.25, 0.3) is 0 Å². The molecular weight excluding hydrogens is 308 g/mol. The third-order valence-electron chi connectivity index (χ3n) is 3.51. The molecule has 1 fully saturated rings. The van der Waals surface area contributed by atoms with Gasteiger partial charge in [0, 0.05) is 31.5 Å². The Morgan fingerprint density at radius 1 is 1.32 bits per heavy atom. The van der Waals surface area contributed by atoms with E-state index in [-0.39, 0.29) is 13.0 Å². The van der Waals surface area contributed by atoms with Gasteiger partial charge in [0.2, 0.25) is 11.4 Å². The van der Waals surface area contributed by atoms with Crippen molar-refractivity contribution in [3.05, 3.63) is 0 Å². The number of carboxylic acid groups (broad SMARTS) is 1. The molecule has 0 aromatic rings. The molecule has 1 aliphatic rings. The number of thioether (sulfide) groups is 1. The molecule has 0 aromatic carbocycles. The predicted octanol–water partition coefficient (Wildman–Crippen LogP) is 0.338. The van der Waals surface area contributed by atoms with Gasteiger partial charge in [-0.2, -0.15) is 11.8 Å². The van der Waals surface area contributed by atoms with Crippen LogP contribution in [-0.2, 0) is 19.1 Å². The monoisotopic (exact) mass is 332 g/mol. The Morgan fingerprint density at radius 3 is 2.45 bits per heavy atom. The van der Waals surface area contributed by atoms with E-state index in [1.165, 1.54) is 6.92 Å². The maximum absolute atomic E-state index is 12.1. The van der Waals surface area contributed by atoms with Gasteiger partial charge in [0.1, 0.15) is 0 Å². The smallest absolute Gasteiger partial charge is 0.343 e. The average molecular weight is 332 g/mol. The van der Waals surface area contributed by atoms with Crippen LogP contribution in [-0.4, -0.2) is 71.1 Å². The number of hydrogen-bond donors (Lipinski definition) is 2. The Balaban J connectivity index is 2.72. The van der Waals surface area contributed by atoms with E-state index in [0.717, 1.165) is 24.6 Å². The van der Waals surface area contributed by atoms with Crippen molar-refractivity contribution >= 4 is 29.6 Å². The number of aliphatic carboxylic acids is 1. The zero-order chi connectivity index (χ0) is 16.6. The lowest BCUT2D eigenvalue weighted by Crippen LogP contribution is -2.60. The van der Waals surface area contributed by atoms with Crippen molar-refractivity contribution in [1.82, 2.24) is 10.2 Å². The van der Waals surface area contributed by atoms with Crippen LogP contribution in [0.1, 0.15) is 26.7 Å². The summed E-state index contributed by atoms with van der Waals surface area (Å²) in [6, 6.07) is 0. The summed E-state index contributed by atoms with van der Waals surface area (Å²) in [6.07, 6.45) is 0.514. The number of hydrogen-bond acceptors (Lipinski definition) is 6. The Bertz CT molecular complexity index is 412. The first-order chi connectivity index (χ1) is 10.4. The first kappa shape index (κ1) is 18.8. The Labute approximate surface area is 134 Å². The van der Waals surface area contributed by atoms with Crippen LogP contribution in [0.3, 0.4) is 0 Å². The number of nitrogens with one attached hydrogen (secondary N) is 1. The van der Waals surface area contributed by atoms with Gasteiger partial charge in [-0.25, -0.2) is 9.59 Å². The van der Waals surface area contributed by atoms with Gasteiger partial charge >= 0.3 is 11.9 Å². The molecule has 8 heteroatoms. The molecule has 1 amide bonds. The molecule has 1 atom stereocenters. The lowest BCUT2D eigenvalue weighted by molar-refractivity contribution is -0.165. The number of esters is 1. The van der Waals surface area contributed by atoms with Crippen LogP contribution in [0.15, 0.2) is 0 Å². The van der Waals surface area contributed by atoms with E-state index in [2.05, 4.69) is 10.2 Å². The first-order valence-electron chi connectivity index (χ1n) is 7.42. The highest BCUT2D eigenvalue weighted by Gasteiger charge is 2.48. The molecule has 1 aliphatic heterocycles. The van der Waals surface area contributed by atoms with Crippen LogP contribution in [0.2, 0.25) is 0 Å². The summed E-state index contributed by atoms with van der Waals surface area (Å²) in [4.78, 5) is 37.3. The number of nitrogens with zero attached hydrogens (tertiary/aromatic N) is 1. The van der Waals surface area contributed by atoms with E-state index >= 15 is 0 Å². The highest BCUT2D eigenvalue weighted by molar-refractivity contribution is 7.99. The maximum Gasteiger partial charge on any atom is 0.343 e. The molecule has 1 rings (SSSR count). The lowest BCUT2D eigenvalue weighted by Gasteiger charge is -2.30. The van der Waals surface area contributed by atoms with E-state index in [1.54, 1.807) is 6.92 Å². The molecule has 0 aliphatic carbocycles. The SMILES string of the molecule is CCOC(=O)C(CCCN1CCSCC1)(NC(C)=O)C(=O)O. The summed E-state index contributed by atoms with van der Waals surface area (Å²) in [5.41, 5.74) is -1.99. The quantitative estimate of drug-likeness (QED) is 0.489. The minimum atomic E-state index is -1.99. The molecule has 7 nitrogen and oxygen atoms in total. The molecule has 0 spiro atoms. The van der Waals surface area contributed by atoms with Crippen LogP contribution in [0.5, 0.6) is 0 Å². The summed E-state index contributed by atoms with van der Waals surface area (Å²) >= 11 is 1.90. The molecular formula is C14H24N2O5S. The van der Waals surface area contributed by atoms with Crippen LogP contribution in [0, 0.1) is 0 Å². The van der Waals surface area contributed by atoms with Crippen molar-refractivity contribution in [2.75, 3.05) is 37.7 Å². The van der Waals surface area contributed by atoms with Crippen LogP contribution >= 0.6 is 11.8 Å². The summed E-state index contributed by atoms with van der Waals surface area (Å²) in [5.74, 6) is -0.728. The van der Waals surface area contributed by atoms with E-state index in [9.17, 15) is 19.5 Å². The normalized spacial score (nSPS) is 18.3. The lowest BCUT2D eigenvalue weighted by atomic mass is 9.93. The Morgan fingerprint density at radius 2 is 1.95 bits per heavy atom. The number of ether oxygens (including phenoxy) is 1. The van der Waals surface area contributed by atoms with Gasteiger partial charge in [-0.1, -0.05) is 0 Å². The Hall–Kier alpha value is -1.28. The van der Waals surface area contributed by atoms with Crippen LogP contribution < -0.4 is 5.32 Å². The van der Waals surface area contributed by atoms with E-state index in [4.69, 9.17) is 4.74 Å². The fraction of sp³-hybridized carbons (Fsp3) is 0.786. The zero-order valence-corrected chi connectivity index (χ0v) is 13.9. The second-order valence-corrected chi connectivity index (χ2v) is 6.39. The molecule has 0 saturated carbocycles. The number of carbonyl (C=O) groups excluding carboxylic acids is 2. The third kappa shape index (κ3) is 5.17. The van der Waals surface area contributed by atoms with Crippen molar-refractivity contribution in [1.29, 1.82) is 0 Å². The molecule has 1 unspecified atom stereocenters. The third-order valence-corrected chi connectivity index (χ3v) is 4.45. The summed E-state index contributed by atoms with van der Waals surface area (Å²) < 4.78 is 4.86. The van der Waals surface area contributed by atoms with Crippen molar-refractivity contribution in [3.8, 4) is 0 Å². The average Bonchev–Trinajstić information content (AvgIpc) is 2.46. The molecule has 2 N–H and O–H groups in total. The van der Waals surface area contributed by atoms with Gasteiger partial charge in [0.15, 0.2) is 0 Å². The second kappa shape index (κ2) is 8.99.